The molecule has 0 radical (unpaired) electrons. The first-order chi connectivity index (χ1) is 15.8. The highest BCUT2D eigenvalue weighted by molar-refractivity contribution is 7.10. The molecule has 0 saturated heterocycles. The van der Waals surface area contributed by atoms with Gasteiger partial charge < -0.3 is 9.67 Å². The van der Waals surface area contributed by atoms with Crippen molar-refractivity contribution in [3.8, 4) is 17.3 Å². The number of aliphatic hydroxyl groups is 1. The summed E-state index contributed by atoms with van der Waals surface area (Å²) in [5.74, 6) is -0.327. The SMILES string of the molecule is Cn1c(=O)c2c(-c3cccc(C#N)c3)n3c(c2n(C)c1=O)[C@H](c1nc(Cl)cs1)C[C@@H](CO)C3. The Morgan fingerprint density at radius 2 is 2.09 bits per heavy atom. The van der Waals surface area contributed by atoms with E-state index in [2.05, 4.69) is 11.1 Å². The summed E-state index contributed by atoms with van der Waals surface area (Å²) in [6.45, 7) is 0.442. The average molecular weight is 482 g/mol. The third-order valence-corrected chi connectivity index (χ3v) is 7.64. The van der Waals surface area contributed by atoms with Crippen molar-refractivity contribution in [1.82, 2.24) is 18.7 Å². The van der Waals surface area contributed by atoms with Gasteiger partial charge in [0.15, 0.2) is 0 Å². The molecule has 0 spiro atoms. The molecular weight excluding hydrogens is 462 g/mol. The monoisotopic (exact) mass is 481 g/mol. The van der Waals surface area contributed by atoms with Crippen LogP contribution in [-0.2, 0) is 20.6 Å². The molecule has 10 heteroatoms. The number of hydrogen-bond acceptors (Lipinski definition) is 6. The molecule has 1 aliphatic rings. The van der Waals surface area contributed by atoms with E-state index in [-0.39, 0.29) is 18.4 Å². The lowest BCUT2D eigenvalue weighted by Gasteiger charge is -2.31. The Morgan fingerprint density at radius 3 is 2.76 bits per heavy atom. The number of aliphatic hydroxyl groups excluding tert-OH is 1. The molecule has 4 aromatic rings. The highest BCUT2D eigenvalue weighted by atomic mass is 35.5. The maximum atomic E-state index is 13.5. The van der Waals surface area contributed by atoms with E-state index in [1.165, 1.54) is 23.0 Å². The molecule has 8 nitrogen and oxygen atoms in total. The standard InChI is InChI=1S/C23H20ClN5O3S/c1-27-20-17(22(31)28(2)23(27)32)18(14-5-3-4-12(6-14)8-25)29-9-13(10-30)7-15(19(20)29)21-26-16(24)11-33-21/h3-6,11,13,15,30H,7,9-10H2,1-2H3/t13-,15-/m1/s1. The Labute approximate surface area is 197 Å². The van der Waals surface area contributed by atoms with Gasteiger partial charge in [0.2, 0.25) is 0 Å². The topological polar surface area (TPSA) is 106 Å². The van der Waals surface area contributed by atoms with Gasteiger partial charge in [-0.15, -0.1) is 11.3 Å². The Balaban J connectivity index is 1.97. The van der Waals surface area contributed by atoms with E-state index in [1.807, 2.05) is 10.6 Å². The van der Waals surface area contributed by atoms with Crippen LogP contribution in [0.4, 0.5) is 0 Å². The van der Waals surface area contributed by atoms with Crippen molar-refractivity contribution in [3.05, 3.63) is 71.9 Å². The maximum Gasteiger partial charge on any atom is 0.331 e. The quantitative estimate of drug-likeness (QED) is 0.484. The second-order valence-electron chi connectivity index (χ2n) is 8.31. The highest BCUT2D eigenvalue weighted by Crippen LogP contribution is 2.45. The number of nitriles is 1. The van der Waals surface area contributed by atoms with Gasteiger partial charge in [0.25, 0.3) is 5.56 Å². The van der Waals surface area contributed by atoms with E-state index in [0.717, 1.165) is 15.3 Å². The maximum absolute atomic E-state index is 13.5. The van der Waals surface area contributed by atoms with Crippen LogP contribution in [0, 0.1) is 17.2 Å². The molecular formula is C23H20ClN5O3S. The van der Waals surface area contributed by atoms with Crippen molar-refractivity contribution in [1.29, 1.82) is 5.26 Å². The number of benzene rings is 1. The summed E-state index contributed by atoms with van der Waals surface area (Å²) >= 11 is 7.55. The number of thiazole rings is 1. The predicted octanol–water partition coefficient (Wildman–Crippen LogP) is 2.83. The number of rotatable bonds is 3. The predicted molar refractivity (Wildman–Crippen MR) is 127 cm³/mol. The van der Waals surface area contributed by atoms with Crippen LogP contribution in [0.15, 0.2) is 39.2 Å². The van der Waals surface area contributed by atoms with Crippen LogP contribution in [-0.4, -0.2) is 30.4 Å². The Hall–Kier alpha value is -3.19. The average Bonchev–Trinajstić information content (AvgIpc) is 3.42. The molecule has 0 saturated carbocycles. The van der Waals surface area contributed by atoms with Gasteiger partial charge in [-0.25, -0.2) is 9.78 Å². The first-order valence-electron chi connectivity index (χ1n) is 10.4. The van der Waals surface area contributed by atoms with Crippen LogP contribution < -0.4 is 11.2 Å². The normalized spacial score (nSPS) is 17.8. The molecule has 2 atom stereocenters. The summed E-state index contributed by atoms with van der Waals surface area (Å²) in [6.07, 6.45) is 0.612. The number of aromatic nitrogens is 4. The summed E-state index contributed by atoms with van der Waals surface area (Å²) < 4.78 is 4.62. The molecule has 1 aromatic carbocycles. The van der Waals surface area contributed by atoms with E-state index in [9.17, 15) is 20.0 Å². The number of halogens is 1. The molecule has 168 valence electrons. The number of hydrogen-bond donors (Lipinski definition) is 1. The first kappa shape index (κ1) is 21.6. The van der Waals surface area contributed by atoms with E-state index in [1.54, 1.807) is 30.6 Å². The molecule has 1 aliphatic heterocycles. The summed E-state index contributed by atoms with van der Waals surface area (Å²) in [5.41, 5.74) is 2.34. The van der Waals surface area contributed by atoms with Gasteiger partial charge in [0, 0.05) is 44.1 Å². The fraction of sp³-hybridized carbons (Fsp3) is 0.304. The number of nitrogens with zero attached hydrogens (tertiary/aromatic N) is 5. The van der Waals surface area contributed by atoms with Crippen LogP contribution in [0.25, 0.3) is 22.2 Å². The molecule has 3 aromatic heterocycles. The second-order valence-corrected chi connectivity index (χ2v) is 9.59. The molecule has 1 N–H and O–H groups in total. The molecule has 0 aliphatic carbocycles. The highest BCUT2D eigenvalue weighted by Gasteiger charge is 2.37. The lowest BCUT2D eigenvalue weighted by molar-refractivity contribution is 0.186. The molecule has 5 rings (SSSR count). The minimum atomic E-state index is -0.418. The smallest absolute Gasteiger partial charge is 0.331 e. The zero-order chi connectivity index (χ0) is 23.4. The van der Waals surface area contributed by atoms with E-state index < -0.39 is 11.2 Å². The first-order valence-corrected chi connectivity index (χ1v) is 11.7. The van der Waals surface area contributed by atoms with Gasteiger partial charge in [-0.3, -0.25) is 13.9 Å². The van der Waals surface area contributed by atoms with Crippen molar-refractivity contribution in [2.24, 2.45) is 20.0 Å². The van der Waals surface area contributed by atoms with Gasteiger partial charge in [-0.05, 0) is 18.6 Å². The lowest BCUT2D eigenvalue weighted by atomic mass is 9.88. The second kappa shape index (κ2) is 7.99. The van der Waals surface area contributed by atoms with Gasteiger partial charge in [0.05, 0.1) is 39.8 Å². The molecule has 0 fully saturated rings. The van der Waals surface area contributed by atoms with E-state index >= 15 is 0 Å². The van der Waals surface area contributed by atoms with Crippen LogP contribution in [0.1, 0.15) is 28.6 Å². The van der Waals surface area contributed by atoms with Crippen LogP contribution in [0.2, 0.25) is 5.15 Å². The summed E-state index contributed by atoms with van der Waals surface area (Å²) in [7, 11) is 3.12. The van der Waals surface area contributed by atoms with Gasteiger partial charge in [0.1, 0.15) is 10.2 Å². The molecule has 0 unspecified atom stereocenters. The van der Waals surface area contributed by atoms with Gasteiger partial charge in [-0.1, -0.05) is 23.7 Å². The zero-order valence-corrected chi connectivity index (χ0v) is 19.5. The van der Waals surface area contributed by atoms with Gasteiger partial charge >= 0.3 is 5.69 Å². The molecule has 0 bridgehead atoms. The minimum absolute atomic E-state index is 0.0296. The Bertz CT molecular complexity index is 1570. The van der Waals surface area contributed by atoms with E-state index in [0.29, 0.717) is 45.8 Å². The fourth-order valence-electron chi connectivity index (χ4n) is 4.87. The summed E-state index contributed by atoms with van der Waals surface area (Å²) in [6, 6.07) is 9.22. The fourth-order valence-corrected chi connectivity index (χ4v) is 5.94. The zero-order valence-electron chi connectivity index (χ0n) is 17.9. The van der Waals surface area contributed by atoms with Crippen molar-refractivity contribution in [2.75, 3.05) is 6.61 Å². The van der Waals surface area contributed by atoms with Crippen molar-refractivity contribution in [3.63, 3.8) is 0 Å². The number of aryl methyl sites for hydroxylation is 1. The lowest BCUT2D eigenvalue weighted by Crippen LogP contribution is -2.37. The molecule has 0 amide bonds. The molecule has 33 heavy (non-hydrogen) atoms. The van der Waals surface area contributed by atoms with Gasteiger partial charge in [-0.2, -0.15) is 5.26 Å². The Kier molecular flexibility index (Phi) is 5.24. The van der Waals surface area contributed by atoms with Crippen LogP contribution >= 0.6 is 22.9 Å². The van der Waals surface area contributed by atoms with Crippen LogP contribution in [0.5, 0.6) is 0 Å². The Morgan fingerprint density at radius 1 is 1.30 bits per heavy atom. The largest absolute Gasteiger partial charge is 0.396 e. The summed E-state index contributed by atoms with van der Waals surface area (Å²) in [5, 5.41) is 22.8. The van der Waals surface area contributed by atoms with Crippen molar-refractivity contribution < 1.29 is 5.11 Å². The van der Waals surface area contributed by atoms with Crippen molar-refractivity contribution >= 4 is 33.8 Å². The third-order valence-electron chi connectivity index (χ3n) is 6.36. The minimum Gasteiger partial charge on any atom is -0.396 e. The number of fused-ring (bicyclic) bond motifs is 3. The van der Waals surface area contributed by atoms with E-state index in [4.69, 9.17) is 11.6 Å². The van der Waals surface area contributed by atoms with Crippen molar-refractivity contribution in [2.45, 2.75) is 18.9 Å². The van der Waals surface area contributed by atoms with Crippen LogP contribution in [0.3, 0.4) is 0 Å². The third kappa shape index (κ3) is 3.25. The summed E-state index contributed by atoms with van der Waals surface area (Å²) in [4.78, 5) is 30.8. The molecule has 4 heterocycles.